The van der Waals surface area contributed by atoms with Crippen molar-refractivity contribution < 1.29 is 18.0 Å². The van der Waals surface area contributed by atoms with Crippen molar-refractivity contribution >= 4 is 39.1 Å². The monoisotopic (exact) mass is 481 g/mol. The van der Waals surface area contributed by atoms with Crippen LogP contribution < -0.4 is 10.6 Å². The predicted molar refractivity (Wildman–Crippen MR) is 122 cm³/mol. The van der Waals surface area contributed by atoms with Gasteiger partial charge in [0.15, 0.2) is 5.69 Å². The molecule has 1 saturated heterocycles. The second-order valence-electron chi connectivity index (χ2n) is 7.62. The summed E-state index contributed by atoms with van der Waals surface area (Å²) in [6.07, 6.45) is 3.20. The molecule has 0 bridgehead atoms. The lowest BCUT2D eigenvalue weighted by Crippen LogP contribution is -2.41. The Morgan fingerprint density at radius 3 is 2.41 bits per heavy atom. The number of benzene rings is 1. The summed E-state index contributed by atoms with van der Waals surface area (Å²) in [5.41, 5.74) is 0.540. The molecular weight excluding hydrogens is 454 g/mol. The van der Waals surface area contributed by atoms with Gasteiger partial charge in [-0.3, -0.25) is 14.3 Å². The average Bonchev–Trinajstić information content (AvgIpc) is 3.20. The first kappa shape index (κ1) is 24.2. The Balaban J connectivity index is 1.64. The first-order valence-corrected chi connectivity index (χ1v) is 12.5. The number of carbonyl (C=O) groups is 2. The number of aryl methyl sites for hydroxylation is 1. The highest BCUT2D eigenvalue weighted by atomic mass is 35.5. The molecule has 0 aliphatic carbocycles. The van der Waals surface area contributed by atoms with E-state index in [-0.39, 0.29) is 41.4 Å². The van der Waals surface area contributed by atoms with Gasteiger partial charge in [-0.25, -0.2) is 8.42 Å². The van der Waals surface area contributed by atoms with Crippen molar-refractivity contribution in [3.63, 3.8) is 0 Å². The Morgan fingerprint density at radius 2 is 1.81 bits per heavy atom. The van der Waals surface area contributed by atoms with Gasteiger partial charge in [0.1, 0.15) is 0 Å². The van der Waals surface area contributed by atoms with Crippen molar-refractivity contribution in [2.24, 2.45) is 5.92 Å². The number of anilines is 1. The number of amides is 2. The zero-order chi connectivity index (χ0) is 23.3. The molecule has 1 aromatic heterocycles. The topological polar surface area (TPSA) is 113 Å². The third-order valence-electron chi connectivity index (χ3n) is 5.37. The summed E-state index contributed by atoms with van der Waals surface area (Å²) in [5.74, 6) is -0.935. The maximum absolute atomic E-state index is 12.9. The highest BCUT2D eigenvalue weighted by molar-refractivity contribution is 7.89. The molecule has 1 aliphatic rings. The zero-order valence-electron chi connectivity index (χ0n) is 18.2. The summed E-state index contributed by atoms with van der Waals surface area (Å²) in [6, 6.07) is 6.04. The quantitative estimate of drug-likeness (QED) is 0.601. The van der Waals surface area contributed by atoms with Crippen molar-refractivity contribution in [2.45, 2.75) is 44.6 Å². The van der Waals surface area contributed by atoms with Crippen LogP contribution >= 0.6 is 11.6 Å². The maximum atomic E-state index is 12.9. The van der Waals surface area contributed by atoms with Gasteiger partial charge in [-0.15, -0.1) is 0 Å². The highest BCUT2D eigenvalue weighted by Crippen LogP contribution is 2.26. The average molecular weight is 482 g/mol. The fraction of sp³-hybridized carbons (Fsp3) is 0.476. The lowest BCUT2D eigenvalue weighted by Gasteiger charge is -2.30. The molecule has 9 nitrogen and oxygen atoms in total. The minimum absolute atomic E-state index is 0.177. The van der Waals surface area contributed by atoms with Crippen LogP contribution in [0.3, 0.4) is 0 Å². The molecule has 2 aromatic rings. The van der Waals surface area contributed by atoms with Gasteiger partial charge in [0.25, 0.3) is 5.91 Å². The van der Waals surface area contributed by atoms with Gasteiger partial charge in [-0.05, 0) is 50.5 Å². The van der Waals surface area contributed by atoms with Crippen LogP contribution in [0.1, 0.15) is 43.6 Å². The van der Waals surface area contributed by atoms with Crippen molar-refractivity contribution in [1.82, 2.24) is 19.4 Å². The van der Waals surface area contributed by atoms with Crippen molar-refractivity contribution in [3.8, 4) is 0 Å². The largest absolute Gasteiger partial charge is 0.351 e. The van der Waals surface area contributed by atoms with Crippen LogP contribution in [0, 0.1) is 5.92 Å². The Kier molecular flexibility index (Phi) is 7.91. The molecular formula is C21H28ClN5O4S. The van der Waals surface area contributed by atoms with Crippen molar-refractivity contribution in [1.29, 1.82) is 0 Å². The first-order valence-electron chi connectivity index (χ1n) is 10.7. The van der Waals surface area contributed by atoms with E-state index in [1.165, 1.54) is 16.4 Å². The third kappa shape index (κ3) is 5.48. The zero-order valence-corrected chi connectivity index (χ0v) is 19.7. The predicted octanol–water partition coefficient (Wildman–Crippen LogP) is 2.74. The number of rotatable bonds is 8. The summed E-state index contributed by atoms with van der Waals surface area (Å²) < 4.78 is 28.7. The van der Waals surface area contributed by atoms with Gasteiger partial charge in [-0.1, -0.05) is 18.5 Å². The van der Waals surface area contributed by atoms with Gasteiger partial charge in [-0.2, -0.15) is 9.40 Å². The molecule has 32 heavy (non-hydrogen) atoms. The Morgan fingerprint density at radius 1 is 1.16 bits per heavy atom. The van der Waals surface area contributed by atoms with Gasteiger partial charge in [0.05, 0.1) is 10.6 Å². The number of carbonyl (C=O) groups excluding carboxylic acids is 2. The Labute approximate surface area is 193 Å². The Bertz CT molecular complexity index is 1060. The first-order chi connectivity index (χ1) is 15.3. The summed E-state index contributed by atoms with van der Waals surface area (Å²) in [5, 5.41) is 10.3. The molecule has 0 unspecified atom stereocenters. The number of nitrogens with zero attached hydrogens (tertiary/aromatic N) is 3. The molecule has 0 spiro atoms. The number of hydrogen-bond acceptors (Lipinski definition) is 5. The number of aromatic nitrogens is 2. The highest BCUT2D eigenvalue weighted by Gasteiger charge is 2.32. The molecule has 11 heteroatoms. The summed E-state index contributed by atoms with van der Waals surface area (Å²) in [6.45, 7) is 5.40. The Hall–Kier alpha value is -2.43. The lowest BCUT2D eigenvalue weighted by atomic mass is 9.97. The molecule has 0 atom stereocenters. The van der Waals surface area contributed by atoms with Crippen LogP contribution in [0.5, 0.6) is 0 Å². The van der Waals surface area contributed by atoms with E-state index in [1.54, 1.807) is 23.0 Å². The van der Waals surface area contributed by atoms with Gasteiger partial charge in [0.2, 0.25) is 15.9 Å². The summed E-state index contributed by atoms with van der Waals surface area (Å²) in [4.78, 5) is 25.4. The second-order valence-corrected chi connectivity index (χ2v) is 10.00. The van der Waals surface area contributed by atoms with Gasteiger partial charge < -0.3 is 10.6 Å². The smallest absolute Gasteiger partial charge is 0.273 e. The normalized spacial score (nSPS) is 15.5. The molecule has 3 rings (SSSR count). The third-order valence-corrected chi connectivity index (χ3v) is 7.54. The number of nitrogens with one attached hydrogen (secondary N) is 2. The molecule has 1 aliphatic heterocycles. The molecule has 2 N–H and O–H groups in total. The van der Waals surface area contributed by atoms with E-state index in [9.17, 15) is 18.0 Å². The van der Waals surface area contributed by atoms with E-state index in [0.29, 0.717) is 36.6 Å². The van der Waals surface area contributed by atoms with E-state index < -0.39 is 10.0 Å². The maximum Gasteiger partial charge on any atom is 0.273 e. The SMILES string of the molecule is CCCNC(=O)c1nn(CC)cc1NC(=O)C1CCN(S(=O)(=O)c2ccc(Cl)cc2)CC1. The molecule has 1 fully saturated rings. The summed E-state index contributed by atoms with van der Waals surface area (Å²) in [7, 11) is -3.64. The molecule has 174 valence electrons. The van der Waals surface area contributed by atoms with Crippen molar-refractivity contribution in [3.05, 3.63) is 41.2 Å². The van der Waals surface area contributed by atoms with E-state index in [0.717, 1.165) is 6.42 Å². The minimum Gasteiger partial charge on any atom is -0.351 e. The van der Waals surface area contributed by atoms with Gasteiger partial charge >= 0.3 is 0 Å². The van der Waals surface area contributed by atoms with E-state index in [4.69, 9.17) is 11.6 Å². The number of sulfonamides is 1. The lowest BCUT2D eigenvalue weighted by molar-refractivity contribution is -0.120. The van der Waals surface area contributed by atoms with E-state index >= 15 is 0 Å². The molecule has 2 heterocycles. The number of halogens is 1. The van der Waals surface area contributed by atoms with Crippen LogP contribution in [-0.4, -0.2) is 54.0 Å². The van der Waals surface area contributed by atoms with Crippen LogP contribution in [-0.2, 0) is 21.4 Å². The number of piperidine rings is 1. The molecule has 0 saturated carbocycles. The number of hydrogen-bond donors (Lipinski definition) is 2. The van der Waals surface area contributed by atoms with Crippen LogP contribution in [0.15, 0.2) is 35.4 Å². The van der Waals surface area contributed by atoms with E-state index in [1.807, 2.05) is 13.8 Å². The standard InChI is InChI=1S/C21H28ClN5O4S/c1-3-11-23-21(29)19-18(14-26(4-2)25-19)24-20(28)15-9-12-27(13-10-15)32(30,31)17-7-5-16(22)6-8-17/h5-8,14-15H,3-4,9-13H2,1-2H3,(H,23,29)(H,24,28). The van der Waals surface area contributed by atoms with E-state index in [2.05, 4.69) is 15.7 Å². The van der Waals surface area contributed by atoms with Crippen LogP contribution in [0.25, 0.3) is 0 Å². The fourth-order valence-electron chi connectivity index (χ4n) is 3.51. The minimum atomic E-state index is -3.64. The molecule has 2 amide bonds. The molecule has 0 radical (unpaired) electrons. The molecule has 1 aromatic carbocycles. The fourth-order valence-corrected chi connectivity index (χ4v) is 5.11. The second kappa shape index (κ2) is 10.5. The van der Waals surface area contributed by atoms with Crippen LogP contribution in [0.4, 0.5) is 5.69 Å². The van der Waals surface area contributed by atoms with Gasteiger partial charge in [0, 0.05) is 43.3 Å². The van der Waals surface area contributed by atoms with Crippen LogP contribution in [0.2, 0.25) is 5.02 Å². The summed E-state index contributed by atoms with van der Waals surface area (Å²) >= 11 is 5.85. The van der Waals surface area contributed by atoms with Crippen molar-refractivity contribution in [2.75, 3.05) is 25.0 Å².